The molecule has 1 heterocycles. The zero-order valence-corrected chi connectivity index (χ0v) is 9.87. The number of nitrogens with zero attached hydrogens (tertiary/aromatic N) is 2. The van der Waals surface area contributed by atoms with Gasteiger partial charge in [0, 0.05) is 5.69 Å². The standard InChI is InChI=1S/C13H7F4N3/c14-12-4-3-8(5-11(12)13(15,16)17)20-10-2-1-9(6-18)19-7-10/h1-5,7,20H. The Kier molecular flexibility index (Phi) is 3.57. The molecule has 0 amide bonds. The lowest BCUT2D eigenvalue weighted by atomic mass is 10.1. The van der Waals surface area contributed by atoms with Crippen LogP contribution in [0.25, 0.3) is 0 Å². The zero-order valence-electron chi connectivity index (χ0n) is 9.87. The third-order valence-electron chi connectivity index (χ3n) is 2.44. The molecule has 1 aromatic carbocycles. The summed E-state index contributed by atoms with van der Waals surface area (Å²) in [6.07, 6.45) is -3.46. The predicted octanol–water partition coefficient (Wildman–Crippen LogP) is 3.85. The van der Waals surface area contributed by atoms with Crippen molar-refractivity contribution in [2.45, 2.75) is 6.18 Å². The summed E-state index contributed by atoms with van der Waals surface area (Å²) in [6.45, 7) is 0. The summed E-state index contributed by atoms with van der Waals surface area (Å²) in [4.78, 5) is 3.76. The van der Waals surface area contributed by atoms with Crippen molar-refractivity contribution in [2.24, 2.45) is 0 Å². The Labute approximate surface area is 111 Å². The molecule has 2 rings (SSSR count). The van der Waals surface area contributed by atoms with Crippen LogP contribution in [0.15, 0.2) is 36.5 Å². The molecule has 0 saturated carbocycles. The van der Waals surface area contributed by atoms with Gasteiger partial charge in [0.1, 0.15) is 17.6 Å². The van der Waals surface area contributed by atoms with E-state index in [9.17, 15) is 17.6 Å². The minimum absolute atomic E-state index is 0.0743. The van der Waals surface area contributed by atoms with Crippen molar-refractivity contribution in [3.05, 3.63) is 53.6 Å². The maximum Gasteiger partial charge on any atom is 0.419 e. The van der Waals surface area contributed by atoms with Crippen LogP contribution >= 0.6 is 0 Å². The van der Waals surface area contributed by atoms with E-state index in [-0.39, 0.29) is 11.4 Å². The van der Waals surface area contributed by atoms with Crippen molar-refractivity contribution in [2.75, 3.05) is 5.32 Å². The molecule has 1 N–H and O–H groups in total. The molecule has 0 saturated heterocycles. The highest BCUT2D eigenvalue weighted by Gasteiger charge is 2.34. The van der Waals surface area contributed by atoms with Crippen molar-refractivity contribution in [1.82, 2.24) is 4.98 Å². The average molecular weight is 281 g/mol. The van der Waals surface area contributed by atoms with Gasteiger partial charge in [-0.15, -0.1) is 0 Å². The summed E-state index contributed by atoms with van der Waals surface area (Å²) in [6, 6.07) is 7.31. The second-order valence-electron chi connectivity index (χ2n) is 3.86. The molecule has 0 fully saturated rings. The third kappa shape index (κ3) is 3.03. The topological polar surface area (TPSA) is 48.7 Å². The molecule has 102 valence electrons. The maximum atomic E-state index is 13.1. The molecule has 0 aliphatic rings. The first kappa shape index (κ1) is 13.8. The van der Waals surface area contributed by atoms with E-state index in [0.717, 1.165) is 6.07 Å². The quantitative estimate of drug-likeness (QED) is 0.850. The van der Waals surface area contributed by atoms with Gasteiger partial charge in [-0.05, 0) is 30.3 Å². The van der Waals surface area contributed by atoms with E-state index < -0.39 is 17.6 Å². The fourth-order valence-electron chi connectivity index (χ4n) is 1.52. The highest BCUT2D eigenvalue weighted by Crippen LogP contribution is 2.33. The number of pyridine rings is 1. The van der Waals surface area contributed by atoms with E-state index >= 15 is 0 Å². The first-order valence-electron chi connectivity index (χ1n) is 5.40. The second kappa shape index (κ2) is 5.17. The first-order chi connectivity index (χ1) is 9.40. The molecule has 7 heteroatoms. The van der Waals surface area contributed by atoms with Crippen LogP contribution in [0, 0.1) is 17.1 Å². The van der Waals surface area contributed by atoms with Crippen molar-refractivity contribution in [3.63, 3.8) is 0 Å². The number of alkyl halides is 3. The van der Waals surface area contributed by atoms with E-state index in [1.54, 1.807) is 0 Å². The Balaban J connectivity index is 2.28. The van der Waals surface area contributed by atoms with Crippen molar-refractivity contribution in [1.29, 1.82) is 5.26 Å². The van der Waals surface area contributed by atoms with Gasteiger partial charge in [0.2, 0.25) is 0 Å². The molecule has 2 aromatic rings. The minimum Gasteiger partial charge on any atom is -0.354 e. The van der Waals surface area contributed by atoms with Crippen LogP contribution in [-0.4, -0.2) is 4.98 Å². The van der Waals surface area contributed by atoms with Crippen LogP contribution in [-0.2, 0) is 6.18 Å². The highest BCUT2D eigenvalue weighted by molar-refractivity contribution is 5.60. The van der Waals surface area contributed by atoms with Gasteiger partial charge in [0.15, 0.2) is 0 Å². The molecule has 0 unspecified atom stereocenters. The van der Waals surface area contributed by atoms with Gasteiger partial charge < -0.3 is 5.32 Å². The Hall–Kier alpha value is -2.62. The minimum atomic E-state index is -4.76. The van der Waals surface area contributed by atoms with Gasteiger partial charge >= 0.3 is 6.18 Å². The molecule has 1 aromatic heterocycles. The number of rotatable bonds is 2. The molecular weight excluding hydrogens is 274 g/mol. The lowest BCUT2D eigenvalue weighted by Crippen LogP contribution is -2.08. The molecule has 0 aliphatic carbocycles. The highest BCUT2D eigenvalue weighted by atomic mass is 19.4. The number of nitriles is 1. The SMILES string of the molecule is N#Cc1ccc(Nc2ccc(F)c(C(F)(F)F)c2)cn1. The van der Waals surface area contributed by atoms with E-state index in [4.69, 9.17) is 5.26 Å². The number of aromatic nitrogens is 1. The number of anilines is 2. The van der Waals surface area contributed by atoms with E-state index in [2.05, 4.69) is 10.3 Å². The molecular formula is C13H7F4N3. The van der Waals surface area contributed by atoms with E-state index in [0.29, 0.717) is 11.8 Å². The number of nitrogens with one attached hydrogen (secondary N) is 1. The van der Waals surface area contributed by atoms with Gasteiger partial charge in [-0.25, -0.2) is 9.37 Å². The predicted molar refractivity (Wildman–Crippen MR) is 63.6 cm³/mol. The molecule has 3 nitrogen and oxygen atoms in total. The van der Waals surface area contributed by atoms with Crippen LogP contribution in [0.1, 0.15) is 11.3 Å². The largest absolute Gasteiger partial charge is 0.419 e. The van der Waals surface area contributed by atoms with E-state index in [1.165, 1.54) is 24.4 Å². The van der Waals surface area contributed by atoms with Crippen LogP contribution in [0.2, 0.25) is 0 Å². The van der Waals surface area contributed by atoms with Gasteiger partial charge in [-0.1, -0.05) is 0 Å². The molecule has 0 bridgehead atoms. The average Bonchev–Trinajstić information content (AvgIpc) is 2.40. The van der Waals surface area contributed by atoms with Gasteiger partial charge in [-0.3, -0.25) is 0 Å². The van der Waals surface area contributed by atoms with Gasteiger partial charge in [-0.2, -0.15) is 18.4 Å². The summed E-state index contributed by atoms with van der Waals surface area (Å²) in [7, 11) is 0. The monoisotopic (exact) mass is 281 g/mol. The summed E-state index contributed by atoms with van der Waals surface area (Å²) in [5.74, 6) is -1.33. The fraction of sp³-hybridized carbons (Fsp3) is 0.0769. The molecule has 0 spiro atoms. The molecule has 20 heavy (non-hydrogen) atoms. The molecule has 0 atom stereocenters. The first-order valence-corrected chi connectivity index (χ1v) is 5.40. The number of hydrogen-bond acceptors (Lipinski definition) is 3. The summed E-state index contributed by atoms with van der Waals surface area (Å²) in [5.41, 5.74) is -0.691. The van der Waals surface area contributed by atoms with E-state index in [1.807, 2.05) is 6.07 Å². The molecule has 0 aliphatic heterocycles. The molecule has 0 radical (unpaired) electrons. The summed E-state index contributed by atoms with van der Waals surface area (Å²) < 4.78 is 50.8. The Morgan fingerprint density at radius 3 is 2.35 bits per heavy atom. The Bertz CT molecular complexity index is 657. The third-order valence-corrected chi connectivity index (χ3v) is 2.44. The Morgan fingerprint density at radius 2 is 1.80 bits per heavy atom. The van der Waals surface area contributed by atoms with Crippen LogP contribution < -0.4 is 5.32 Å². The lowest BCUT2D eigenvalue weighted by Gasteiger charge is -2.11. The number of halogens is 4. The normalized spacial score (nSPS) is 10.9. The van der Waals surface area contributed by atoms with Crippen LogP contribution in [0.5, 0.6) is 0 Å². The second-order valence-corrected chi connectivity index (χ2v) is 3.86. The van der Waals surface area contributed by atoms with Crippen molar-refractivity contribution in [3.8, 4) is 6.07 Å². The number of benzene rings is 1. The zero-order chi connectivity index (χ0) is 14.8. The van der Waals surface area contributed by atoms with Crippen LogP contribution in [0.4, 0.5) is 28.9 Å². The smallest absolute Gasteiger partial charge is 0.354 e. The Morgan fingerprint density at radius 1 is 1.10 bits per heavy atom. The van der Waals surface area contributed by atoms with Crippen molar-refractivity contribution < 1.29 is 17.6 Å². The fourth-order valence-corrected chi connectivity index (χ4v) is 1.52. The van der Waals surface area contributed by atoms with Gasteiger partial charge in [0.05, 0.1) is 17.4 Å². The lowest BCUT2D eigenvalue weighted by molar-refractivity contribution is -0.139. The van der Waals surface area contributed by atoms with Crippen LogP contribution in [0.3, 0.4) is 0 Å². The maximum absolute atomic E-state index is 13.1. The summed E-state index contributed by atoms with van der Waals surface area (Å²) >= 11 is 0. The number of hydrogen-bond donors (Lipinski definition) is 1. The summed E-state index contributed by atoms with van der Waals surface area (Å²) in [5, 5.41) is 11.2. The van der Waals surface area contributed by atoms with Gasteiger partial charge in [0.25, 0.3) is 0 Å². The van der Waals surface area contributed by atoms with Crippen molar-refractivity contribution >= 4 is 11.4 Å².